The highest BCUT2D eigenvalue weighted by molar-refractivity contribution is 9.10. The van der Waals surface area contributed by atoms with E-state index in [1.807, 2.05) is 30.3 Å². The highest BCUT2D eigenvalue weighted by atomic mass is 79.9. The molecule has 9 nitrogen and oxygen atoms in total. The fourth-order valence-corrected chi connectivity index (χ4v) is 4.14. The standard InChI is InChI=1S/C31H22Br2N4O5/c32-22-11-14-24(15-12-22)35-29(39)25-8-4-5-9-26(25)36-30(40)31(41)37-34-19-21-18-23(33)13-16-27(21)42-28(38)17-10-20-6-2-1-3-7-20/h1-19H,(H,35,39)(H,36,40)(H,37,41)/b17-10+,34-19-. The number of benzene rings is 4. The molecule has 0 fully saturated rings. The summed E-state index contributed by atoms with van der Waals surface area (Å²) in [5.41, 5.74) is 4.19. The van der Waals surface area contributed by atoms with Crippen molar-refractivity contribution in [3.05, 3.63) is 129 Å². The summed E-state index contributed by atoms with van der Waals surface area (Å²) in [5.74, 6) is -3.00. The first-order chi connectivity index (χ1) is 20.3. The molecule has 0 heterocycles. The first-order valence-electron chi connectivity index (χ1n) is 12.3. The number of amides is 3. The molecule has 0 aliphatic rings. The maximum Gasteiger partial charge on any atom is 0.336 e. The Morgan fingerprint density at radius 1 is 0.738 bits per heavy atom. The average Bonchev–Trinajstić information content (AvgIpc) is 2.99. The molecule has 4 aromatic carbocycles. The van der Waals surface area contributed by atoms with Gasteiger partial charge in [0.05, 0.1) is 17.5 Å². The maximum atomic E-state index is 12.8. The summed E-state index contributed by atoms with van der Waals surface area (Å²) in [6.45, 7) is 0. The largest absolute Gasteiger partial charge is 0.423 e. The fraction of sp³-hybridized carbons (Fsp3) is 0. The minimum atomic E-state index is -1.08. The van der Waals surface area contributed by atoms with Crippen molar-refractivity contribution in [1.29, 1.82) is 0 Å². The van der Waals surface area contributed by atoms with E-state index in [9.17, 15) is 19.2 Å². The van der Waals surface area contributed by atoms with Gasteiger partial charge in [0.15, 0.2) is 0 Å². The fourth-order valence-electron chi connectivity index (χ4n) is 3.50. The molecular formula is C31H22Br2N4O5. The van der Waals surface area contributed by atoms with Crippen LogP contribution in [-0.2, 0) is 14.4 Å². The molecule has 4 aromatic rings. The lowest BCUT2D eigenvalue weighted by molar-refractivity contribution is -0.136. The Labute approximate surface area is 257 Å². The van der Waals surface area contributed by atoms with Gasteiger partial charge in [-0.2, -0.15) is 5.10 Å². The van der Waals surface area contributed by atoms with E-state index in [-0.39, 0.29) is 17.0 Å². The number of carbonyl (C=O) groups excluding carboxylic acids is 4. The number of hydrazone groups is 1. The minimum Gasteiger partial charge on any atom is -0.423 e. The van der Waals surface area contributed by atoms with Gasteiger partial charge in [0, 0.05) is 26.3 Å². The van der Waals surface area contributed by atoms with Crippen molar-refractivity contribution in [3.63, 3.8) is 0 Å². The topological polar surface area (TPSA) is 126 Å². The lowest BCUT2D eigenvalue weighted by Crippen LogP contribution is -2.33. The van der Waals surface area contributed by atoms with Crippen LogP contribution in [0.5, 0.6) is 5.75 Å². The quantitative estimate of drug-likeness (QED) is 0.0510. The van der Waals surface area contributed by atoms with Crippen LogP contribution in [-0.4, -0.2) is 29.9 Å². The van der Waals surface area contributed by atoms with E-state index in [0.717, 1.165) is 10.0 Å². The van der Waals surface area contributed by atoms with Crippen molar-refractivity contribution in [2.45, 2.75) is 0 Å². The molecule has 0 aliphatic heterocycles. The summed E-state index contributed by atoms with van der Waals surface area (Å²) < 4.78 is 6.95. The highest BCUT2D eigenvalue weighted by Crippen LogP contribution is 2.22. The van der Waals surface area contributed by atoms with Crippen LogP contribution in [0.2, 0.25) is 0 Å². The van der Waals surface area contributed by atoms with Gasteiger partial charge in [0.2, 0.25) is 0 Å². The number of anilines is 2. The molecule has 42 heavy (non-hydrogen) atoms. The van der Waals surface area contributed by atoms with Gasteiger partial charge in [-0.3, -0.25) is 14.4 Å². The van der Waals surface area contributed by atoms with E-state index in [1.165, 1.54) is 24.4 Å². The zero-order valence-corrected chi connectivity index (χ0v) is 24.9. The second-order valence-electron chi connectivity index (χ2n) is 8.51. The second kappa shape index (κ2) is 14.7. The number of nitrogens with one attached hydrogen (secondary N) is 3. The molecule has 11 heteroatoms. The summed E-state index contributed by atoms with van der Waals surface area (Å²) in [6, 6.07) is 27.4. The third kappa shape index (κ3) is 8.82. The summed E-state index contributed by atoms with van der Waals surface area (Å²) in [6.07, 6.45) is 4.15. The molecule has 0 saturated heterocycles. The minimum absolute atomic E-state index is 0.140. The molecule has 0 bridgehead atoms. The summed E-state index contributed by atoms with van der Waals surface area (Å²) >= 11 is 6.68. The van der Waals surface area contributed by atoms with Gasteiger partial charge in [-0.05, 0) is 66.2 Å². The van der Waals surface area contributed by atoms with Crippen molar-refractivity contribution in [1.82, 2.24) is 5.43 Å². The van der Waals surface area contributed by atoms with E-state index in [4.69, 9.17) is 4.74 Å². The van der Waals surface area contributed by atoms with E-state index >= 15 is 0 Å². The number of hydrogen-bond donors (Lipinski definition) is 3. The smallest absolute Gasteiger partial charge is 0.336 e. The van der Waals surface area contributed by atoms with Crippen LogP contribution in [0.3, 0.4) is 0 Å². The Morgan fingerprint density at radius 2 is 1.43 bits per heavy atom. The van der Waals surface area contributed by atoms with Crippen molar-refractivity contribution in [2.75, 3.05) is 10.6 Å². The summed E-state index contributed by atoms with van der Waals surface area (Å²) in [7, 11) is 0. The van der Waals surface area contributed by atoms with Gasteiger partial charge < -0.3 is 15.4 Å². The van der Waals surface area contributed by atoms with E-state index in [1.54, 1.807) is 60.7 Å². The van der Waals surface area contributed by atoms with Crippen molar-refractivity contribution < 1.29 is 23.9 Å². The van der Waals surface area contributed by atoms with E-state index in [0.29, 0.717) is 15.7 Å². The van der Waals surface area contributed by atoms with Crippen LogP contribution < -0.4 is 20.8 Å². The zero-order valence-electron chi connectivity index (χ0n) is 21.7. The van der Waals surface area contributed by atoms with Gasteiger partial charge in [-0.1, -0.05) is 74.3 Å². The Hall–Kier alpha value is -4.87. The summed E-state index contributed by atoms with van der Waals surface area (Å²) in [4.78, 5) is 50.2. The number of rotatable bonds is 8. The Kier molecular flexibility index (Phi) is 10.5. The van der Waals surface area contributed by atoms with Crippen LogP contribution >= 0.6 is 31.9 Å². The van der Waals surface area contributed by atoms with Crippen molar-refractivity contribution >= 4 is 79.2 Å². The number of para-hydroxylation sites is 1. The van der Waals surface area contributed by atoms with E-state index in [2.05, 4.69) is 53.0 Å². The van der Waals surface area contributed by atoms with Gasteiger partial charge in [-0.25, -0.2) is 10.2 Å². The summed E-state index contributed by atoms with van der Waals surface area (Å²) in [5, 5.41) is 9.00. The Bertz CT molecular complexity index is 1670. The number of ether oxygens (including phenoxy) is 1. The third-order valence-corrected chi connectivity index (χ3v) is 6.51. The normalized spacial score (nSPS) is 10.8. The lowest BCUT2D eigenvalue weighted by atomic mass is 10.1. The van der Waals surface area contributed by atoms with Gasteiger partial charge >= 0.3 is 17.8 Å². The number of nitrogens with zero attached hydrogens (tertiary/aromatic N) is 1. The molecule has 0 unspecified atom stereocenters. The van der Waals surface area contributed by atoms with Gasteiger partial charge in [0.25, 0.3) is 5.91 Å². The Morgan fingerprint density at radius 3 is 2.19 bits per heavy atom. The molecule has 4 rings (SSSR count). The molecule has 3 amide bonds. The molecule has 3 N–H and O–H groups in total. The number of carbonyl (C=O) groups is 4. The zero-order chi connectivity index (χ0) is 29.9. The number of esters is 1. The molecule has 210 valence electrons. The molecule has 0 aliphatic carbocycles. The SMILES string of the molecule is O=C(/C=C/c1ccccc1)Oc1ccc(Br)cc1/C=N\NC(=O)C(=O)Nc1ccccc1C(=O)Nc1ccc(Br)cc1. The highest BCUT2D eigenvalue weighted by Gasteiger charge is 2.18. The van der Waals surface area contributed by atoms with Crippen LogP contribution in [0.15, 0.2) is 117 Å². The molecule has 0 aromatic heterocycles. The molecule has 0 spiro atoms. The third-order valence-electron chi connectivity index (χ3n) is 5.49. The molecule has 0 radical (unpaired) electrons. The second-order valence-corrected chi connectivity index (χ2v) is 10.3. The van der Waals surface area contributed by atoms with Gasteiger partial charge in [0.1, 0.15) is 5.75 Å². The molecule has 0 saturated carbocycles. The first kappa shape index (κ1) is 30.1. The Balaban J connectivity index is 1.38. The van der Waals surface area contributed by atoms with Crippen LogP contribution in [0.1, 0.15) is 21.5 Å². The average molecular weight is 690 g/mol. The maximum absolute atomic E-state index is 12.8. The number of hydrogen-bond acceptors (Lipinski definition) is 6. The van der Waals surface area contributed by atoms with Crippen molar-refractivity contribution in [3.8, 4) is 5.75 Å². The van der Waals surface area contributed by atoms with Crippen LogP contribution in [0, 0.1) is 0 Å². The number of halogens is 2. The monoisotopic (exact) mass is 688 g/mol. The van der Waals surface area contributed by atoms with Gasteiger partial charge in [-0.15, -0.1) is 0 Å². The van der Waals surface area contributed by atoms with Crippen molar-refractivity contribution in [2.24, 2.45) is 5.10 Å². The van der Waals surface area contributed by atoms with E-state index < -0.39 is 23.7 Å². The predicted octanol–water partition coefficient (Wildman–Crippen LogP) is 6.17. The van der Waals surface area contributed by atoms with Crippen LogP contribution in [0.25, 0.3) is 6.08 Å². The molecular weight excluding hydrogens is 668 g/mol. The first-order valence-corrected chi connectivity index (χ1v) is 13.9. The predicted molar refractivity (Wildman–Crippen MR) is 168 cm³/mol. The molecule has 0 atom stereocenters. The van der Waals surface area contributed by atoms with Crippen LogP contribution in [0.4, 0.5) is 11.4 Å². The lowest BCUT2D eigenvalue weighted by Gasteiger charge is -2.11.